The van der Waals surface area contributed by atoms with Crippen LogP contribution in [0.25, 0.3) is 0 Å². The zero-order valence-corrected chi connectivity index (χ0v) is 10.8. The number of hydrogen-bond donors (Lipinski definition) is 1. The second-order valence-electron chi connectivity index (χ2n) is 4.47. The third-order valence-electron chi connectivity index (χ3n) is 2.92. The Morgan fingerprint density at radius 3 is 3.00 bits per heavy atom. The lowest BCUT2D eigenvalue weighted by atomic mass is 10.2. The molecule has 1 saturated heterocycles. The van der Waals surface area contributed by atoms with Crippen LogP contribution in [0, 0.1) is 0 Å². The summed E-state index contributed by atoms with van der Waals surface area (Å²) in [5, 5.41) is 4.22. The zero-order chi connectivity index (χ0) is 13.0. The van der Waals surface area contributed by atoms with Crippen LogP contribution in [0.4, 0.5) is 4.79 Å². The van der Waals surface area contributed by atoms with Crippen molar-refractivity contribution in [3.05, 3.63) is 24.2 Å². The number of carbonyl (C=O) groups is 1. The minimum atomic E-state index is -0.189. The summed E-state index contributed by atoms with van der Waals surface area (Å²) in [5.74, 6) is 0.836. The molecule has 2 heterocycles. The van der Waals surface area contributed by atoms with Gasteiger partial charge in [-0.15, -0.1) is 0 Å². The van der Waals surface area contributed by atoms with Crippen LogP contribution in [0.2, 0.25) is 0 Å². The van der Waals surface area contributed by atoms with Crippen LogP contribution in [0.15, 0.2) is 22.8 Å². The molecular weight excluding hydrogens is 234 g/mol. The van der Waals surface area contributed by atoms with E-state index in [2.05, 4.69) is 5.32 Å². The Morgan fingerprint density at radius 2 is 2.44 bits per heavy atom. The molecule has 1 fully saturated rings. The van der Waals surface area contributed by atoms with E-state index in [1.165, 1.54) is 5.06 Å². The Hall–Kier alpha value is -1.53. The monoisotopic (exact) mass is 253 g/mol. The summed E-state index contributed by atoms with van der Waals surface area (Å²) in [7, 11) is 3.90. The van der Waals surface area contributed by atoms with Crippen LogP contribution in [0.5, 0.6) is 0 Å². The third-order valence-corrected chi connectivity index (χ3v) is 2.92. The van der Waals surface area contributed by atoms with E-state index in [9.17, 15) is 4.79 Å². The molecule has 2 rings (SSSR count). The predicted molar refractivity (Wildman–Crippen MR) is 65.8 cm³/mol. The van der Waals surface area contributed by atoms with Gasteiger partial charge in [0, 0.05) is 6.54 Å². The van der Waals surface area contributed by atoms with Crippen molar-refractivity contribution in [3.8, 4) is 0 Å². The summed E-state index contributed by atoms with van der Waals surface area (Å²) < 4.78 is 5.38. The second kappa shape index (κ2) is 5.88. The Kier molecular flexibility index (Phi) is 4.22. The first-order valence-corrected chi connectivity index (χ1v) is 6.06. The third kappa shape index (κ3) is 3.02. The van der Waals surface area contributed by atoms with Crippen LogP contribution >= 0.6 is 0 Å². The maximum absolute atomic E-state index is 11.8. The standard InChI is InChI=1S/C12H19N3O3/c1-14(2)10(11-5-3-7-17-11)9-13-12(16)15-6-4-8-18-15/h3,5,7,10H,4,6,8-9H2,1-2H3,(H,13,16)/t10-/m0/s1. The Bertz CT molecular complexity index is 372. The summed E-state index contributed by atoms with van der Waals surface area (Å²) in [6, 6.07) is 3.58. The molecule has 18 heavy (non-hydrogen) atoms. The highest BCUT2D eigenvalue weighted by atomic mass is 16.7. The number of rotatable bonds is 4. The van der Waals surface area contributed by atoms with E-state index in [0.717, 1.165) is 12.2 Å². The van der Waals surface area contributed by atoms with Gasteiger partial charge in [0.1, 0.15) is 5.76 Å². The van der Waals surface area contributed by atoms with Crippen molar-refractivity contribution in [3.63, 3.8) is 0 Å². The van der Waals surface area contributed by atoms with Gasteiger partial charge < -0.3 is 9.73 Å². The van der Waals surface area contributed by atoms with Crippen molar-refractivity contribution in [1.82, 2.24) is 15.3 Å². The van der Waals surface area contributed by atoms with E-state index in [4.69, 9.17) is 9.25 Å². The molecule has 0 saturated carbocycles. The van der Waals surface area contributed by atoms with Gasteiger partial charge in [-0.2, -0.15) is 0 Å². The SMILES string of the molecule is CN(C)[C@@H](CNC(=O)N1CCCO1)c1ccco1. The Morgan fingerprint density at radius 1 is 1.61 bits per heavy atom. The molecule has 0 radical (unpaired) electrons. The molecule has 1 N–H and O–H groups in total. The highest BCUT2D eigenvalue weighted by Gasteiger charge is 2.22. The number of likely N-dealkylation sites (N-methyl/N-ethyl adjacent to an activating group) is 1. The van der Waals surface area contributed by atoms with Gasteiger partial charge >= 0.3 is 6.03 Å². The normalized spacial score (nSPS) is 17.2. The van der Waals surface area contributed by atoms with Crippen molar-refractivity contribution >= 4 is 6.03 Å². The zero-order valence-electron chi connectivity index (χ0n) is 10.8. The fourth-order valence-corrected chi connectivity index (χ4v) is 1.90. The van der Waals surface area contributed by atoms with Crippen LogP contribution in [0.3, 0.4) is 0 Å². The van der Waals surface area contributed by atoms with Gasteiger partial charge in [0.2, 0.25) is 0 Å². The molecule has 6 heteroatoms. The van der Waals surface area contributed by atoms with Crippen molar-refractivity contribution < 1.29 is 14.0 Å². The van der Waals surface area contributed by atoms with Gasteiger partial charge in [0.05, 0.1) is 25.5 Å². The maximum Gasteiger partial charge on any atom is 0.341 e. The lowest BCUT2D eigenvalue weighted by molar-refractivity contribution is -0.0665. The predicted octanol–water partition coefficient (Wildman–Crippen LogP) is 1.23. The molecule has 0 spiro atoms. The lowest BCUT2D eigenvalue weighted by Crippen LogP contribution is -2.41. The maximum atomic E-state index is 11.8. The minimum Gasteiger partial charge on any atom is -0.468 e. The van der Waals surface area contributed by atoms with E-state index in [0.29, 0.717) is 19.7 Å². The van der Waals surface area contributed by atoms with Gasteiger partial charge in [0.25, 0.3) is 0 Å². The molecule has 0 bridgehead atoms. The first kappa shape index (κ1) is 12.9. The molecule has 6 nitrogen and oxygen atoms in total. The van der Waals surface area contributed by atoms with E-state index < -0.39 is 0 Å². The number of nitrogens with zero attached hydrogens (tertiary/aromatic N) is 2. The van der Waals surface area contributed by atoms with E-state index in [1.807, 2.05) is 31.1 Å². The molecule has 0 aliphatic carbocycles. The molecule has 0 unspecified atom stereocenters. The van der Waals surface area contributed by atoms with Crippen molar-refractivity contribution in [2.75, 3.05) is 33.8 Å². The average Bonchev–Trinajstić information content (AvgIpc) is 3.01. The van der Waals surface area contributed by atoms with Gasteiger partial charge in [0.15, 0.2) is 0 Å². The van der Waals surface area contributed by atoms with Crippen molar-refractivity contribution in [2.24, 2.45) is 0 Å². The topological polar surface area (TPSA) is 58.0 Å². The lowest BCUT2D eigenvalue weighted by Gasteiger charge is -2.23. The largest absolute Gasteiger partial charge is 0.468 e. The highest BCUT2D eigenvalue weighted by Crippen LogP contribution is 2.17. The van der Waals surface area contributed by atoms with Gasteiger partial charge in [-0.25, -0.2) is 9.86 Å². The summed E-state index contributed by atoms with van der Waals surface area (Å²) >= 11 is 0. The van der Waals surface area contributed by atoms with Crippen molar-refractivity contribution in [1.29, 1.82) is 0 Å². The molecule has 1 aromatic heterocycles. The highest BCUT2D eigenvalue weighted by molar-refractivity contribution is 5.73. The fraction of sp³-hybridized carbons (Fsp3) is 0.583. The van der Waals surface area contributed by atoms with Gasteiger partial charge in [-0.1, -0.05) is 0 Å². The molecule has 100 valence electrons. The van der Waals surface area contributed by atoms with Gasteiger partial charge in [-0.05, 0) is 32.6 Å². The van der Waals surface area contributed by atoms with Crippen LogP contribution < -0.4 is 5.32 Å². The number of amides is 2. The Labute approximate surface area is 106 Å². The minimum absolute atomic E-state index is 0.0200. The number of nitrogens with one attached hydrogen (secondary N) is 1. The number of carbonyl (C=O) groups excluding carboxylic acids is 1. The fourth-order valence-electron chi connectivity index (χ4n) is 1.90. The number of hydroxylamine groups is 2. The number of hydrogen-bond acceptors (Lipinski definition) is 4. The van der Waals surface area contributed by atoms with E-state index >= 15 is 0 Å². The van der Waals surface area contributed by atoms with Crippen LogP contribution in [-0.2, 0) is 4.84 Å². The van der Waals surface area contributed by atoms with Gasteiger partial charge in [-0.3, -0.25) is 9.74 Å². The van der Waals surface area contributed by atoms with Crippen LogP contribution in [-0.4, -0.2) is 49.8 Å². The van der Waals surface area contributed by atoms with E-state index in [1.54, 1.807) is 6.26 Å². The Balaban J connectivity index is 1.88. The first-order valence-electron chi connectivity index (χ1n) is 6.06. The molecular formula is C12H19N3O3. The molecule has 1 aromatic rings. The molecule has 1 atom stereocenters. The second-order valence-corrected chi connectivity index (χ2v) is 4.47. The molecule has 0 aromatic carbocycles. The smallest absolute Gasteiger partial charge is 0.341 e. The molecule has 1 aliphatic rings. The van der Waals surface area contributed by atoms with Crippen molar-refractivity contribution in [2.45, 2.75) is 12.5 Å². The molecule has 2 amide bonds. The molecule has 1 aliphatic heterocycles. The summed E-state index contributed by atoms with van der Waals surface area (Å²) in [6.07, 6.45) is 2.53. The quantitative estimate of drug-likeness (QED) is 0.876. The number of furan rings is 1. The summed E-state index contributed by atoms with van der Waals surface area (Å²) in [4.78, 5) is 19.0. The summed E-state index contributed by atoms with van der Waals surface area (Å²) in [5.41, 5.74) is 0. The summed E-state index contributed by atoms with van der Waals surface area (Å²) in [6.45, 7) is 1.75. The van der Waals surface area contributed by atoms with Crippen LogP contribution in [0.1, 0.15) is 18.2 Å². The number of urea groups is 1. The van der Waals surface area contributed by atoms with E-state index in [-0.39, 0.29) is 12.1 Å². The average molecular weight is 253 g/mol. The first-order chi connectivity index (χ1) is 8.68.